The molecule has 2 aliphatic heterocycles. The zero-order valence-corrected chi connectivity index (χ0v) is 15.1. The minimum Gasteiger partial charge on any atom is -0.486 e. The minimum atomic E-state index is 0.607. The Bertz CT molecular complexity index is 705. The summed E-state index contributed by atoms with van der Waals surface area (Å²) in [6.45, 7) is 8.17. The maximum absolute atomic E-state index is 5.69. The van der Waals surface area contributed by atoms with Crippen molar-refractivity contribution >= 4 is 11.3 Å². The van der Waals surface area contributed by atoms with Gasteiger partial charge in [-0.15, -0.1) is 11.3 Å². The van der Waals surface area contributed by atoms with Crippen LogP contribution in [0.25, 0.3) is 11.3 Å². The van der Waals surface area contributed by atoms with Crippen molar-refractivity contribution in [2.75, 3.05) is 26.3 Å². The van der Waals surface area contributed by atoms with Gasteiger partial charge in [0, 0.05) is 22.9 Å². The Morgan fingerprint density at radius 2 is 1.88 bits per heavy atom. The molecule has 0 aliphatic carbocycles. The van der Waals surface area contributed by atoms with E-state index in [4.69, 9.17) is 14.5 Å². The molecule has 0 unspecified atom stereocenters. The number of hydrogen-bond acceptors (Lipinski definition) is 5. The first-order valence-corrected chi connectivity index (χ1v) is 9.68. The van der Waals surface area contributed by atoms with Crippen LogP contribution >= 0.6 is 11.3 Å². The zero-order chi connectivity index (χ0) is 16.5. The molecular formula is C19H24N2O2S. The lowest BCUT2D eigenvalue weighted by Crippen LogP contribution is -2.37. The molecule has 128 valence electrons. The average molecular weight is 344 g/mol. The number of ether oxygens (including phenoxy) is 2. The van der Waals surface area contributed by atoms with Gasteiger partial charge in [0.1, 0.15) is 13.2 Å². The van der Waals surface area contributed by atoms with Crippen molar-refractivity contribution < 1.29 is 9.47 Å². The Balaban J connectivity index is 1.49. The van der Waals surface area contributed by atoms with Gasteiger partial charge in [0.05, 0.1) is 10.7 Å². The third-order valence-electron chi connectivity index (χ3n) is 4.97. The monoisotopic (exact) mass is 344 g/mol. The fourth-order valence-corrected chi connectivity index (χ4v) is 4.47. The zero-order valence-electron chi connectivity index (χ0n) is 14.3. The average Bonchev–Trinajstić information content (AvgIpc) is 3.11. The summed E-state index contributed by atoms with van der Waals surface area (Å²) in [5.74, 6) is 2.27. The van der Waals surface area contributed by atoms with Crippen molar-refractivity contribution in [3.8, 4) is 22.8 Å². The number of thiazole rings is 1. The van der Waals surface area contributed by atoms with Gasteiger partial charge in [0.15, 0.2) is 11.5 Å². The van der Waals surface area contributed by atoms with Gasteiger partial charge in [-0.2, -0.15) is 0 Å². The molecule has 0 bridgehead atoms. The summed E-state index contributed by atoms with van der Waals surface area (Å²) >= 11 is 1.80. The summed E-state index contributed by atoms with van der Waals surface area (Å²) in [6, 6.07) is 6.77. The standard InChI is InChI=1S/C19H24N2O2S/c1-13(2)21-7-5-14(6-8-21)19-20-16(12-24-19)15-3-4-17-18(11-15)23-10-9-22-17/h3-4,11-14H,5-10H2,1-2H3. The van der Waals surface area contributed by atoms with E-state index in [2.05, 4.69) is 36.3 Å². The van der Waals surface area contributed by atoms with E-state index in [1.807, 2.05) is 6.07 Å². The van der Waals surface area contributed by atoms with Gasteiger partial charge < -0.3 is 14.4 Å². The highest BCUT2D eigenvalue weighted by atomic mass is 32.1. The third-order valence-corrected chi connectivity index (χ3v) is 5.98. The smallest absolute Gasteiger partial charge is 0.162 e. The molecule has 3 heterocycles. The molecule has 0 atom stereocenters. The molecule has 2 aliphatic rings. The summed E-state index contributed by atoms with van der Waals surface area (Å²) in [6.07, 6.45) is 2.43. The summed E-state index contributed by atoms with van der Waals surface area (Å²) in [5.41, 5.74) is 2.17. The van der Waals surface area contributed by atoms with Crippen LogP contribution in [-0.2, 0) is 0 Å². The van der Waals surface area contributed by atoms with Gasteiger partial charge in [-0.05, 0) is 58.0 Å². The Labute approximate surface area is 147 Å². The number of hydrogen-bond donors (Lipinski definition) is 0. The van der Waals surface area contributed by atoms with Crippen LogP contribution < -0.4 is 9.47 Å². The van der Waals surface area contributed by atoms with Crippen molar-refractivity contribution in [2.24, 2.45) is 0 Å². The van der Waals surface area contributed by atoms with Crippen LogP contribution in [-0.4, -0.2) is 42.2 Å². The molecule has 0 spiro atoms. The molecule has 4 rings (SSSR count). The van der Waals surface area contributed by atoms with Crippen LogP contribution in [0.15, 0.2) is 23.6 Å². The van der Waals surface area contributed by atoms with Gasteiger partial charge >= 0.3 is 0 Å². The number of nitrogens with zero attached hydrogens (tertiary/aromatic N) is 2. The summed E-state index contributed by atoms with van der Waals surface area (Å²) in [4.78, 5) is 7.49. The molecule has 4 nitrogen and oxygen atoms in total. The van der Waals surface area contributed by atoms with Crippen LogP contribution in [0.2, 0.25) is 0 Å². The number of aromatic nitrogens is 1. The third kappa shape index (κ3) is 3.15. The lowest BCUT2D eigenvalue weighted by molar-refractivity contribution is 0.171. The summed E-state index contributed by atoms with van der Waals surface area (Å²) in [5, 5.41) is 3.46. The SMILES string of the molecule is CC(C)N1CCC(c2nc(-c3ccc4c(c3)OCCO4)cs2)CC1. The predicted octanol–water partition coefficient (Wildman–Crippen LogP) is 4.17. The molecule has 5 heteroatoms. The lowest BCUT2D eigenvalue weighted by atomic mass is 9.96. The quantitative estimate of drug-likeness (QED) is 0.837. The highest BCUT2D eigenvalue weighted by Crippen LogP contribution is 2.37. The molecule has 1 aromatic carbocycles. The number of likely N-dealkylation sites (tertiary alicyclic amines) is 1. The van der Waals surface area contributed by atoms with E-state index in [0.717, 1.165) is 22.8 Å². The first-order valence-electron chi connectivity index (χ1n) is 8.80. The fourth-order valence-electron chi connectivity index (χ4n) is 3.47. The van der Waals surface area contributed by atoms with E-state index >= 15 is 0 Å². The van der Waals surface area contributed by atoms with Crippen molar-refractivity contribution in [3.63, 3.8) is 0 Å². The maximum atomic E-state index is 5.69. The molecule has 2 aromatic rings. The summed E-state index contributed by atoms with van der Waals surface area (Å²) < 4.78 is 11.3. The van der Waals surface area contributed by atoms with Crippen molar-refractivity contribution in [1.82, 2.24) is 9.88 Å². The maximum Gasteiger partial charge on any atom is 0.162 e. The highest BCUT2D eigenvalue weighted by Gasteiger charge is 2.24. The van der Waals surface area contributed by atoms with Gasteiger partial charge in [-0.1, -0.05) is 0 Å². The van der Waals surface area contributed by atoms with Gasteiger partial charge in [0.25, 0.3) is 0 Å². The molecule has 1 aromatic heterocycles. The topological polar surface area (TPSA) is 34.6 Å². The second-order valence-corrected chi connectivity index (χ2v) is 7.72. The Morgan fingerprint density at radius 1 is 1.12 bits per heavy atom. The molecular weight excluding hydrogens is 320 g/mol. The normalized spacial score (nSPS) is 19.0. The predicted molar refractivity (Wildman–Crippen MR) is 97.2 cm³/mol. The highest BCUT2D eigenvalue weighted by molar-refractivity contribution is 7.10. The number of rotatable bonds is 3. The van der Waals surface area contributed by atoms with Crippen molar-refractivity contribution in [2.45, 2.75) is 38.6 Å². The number of benzene rings is 1. The van der Waals surface area contributed by atoms with Crippen LogP contribution in [0.4, 0.5) is 0 Å². The number of piperidine rings is 1. The van der Waals surface area contributed by atoms with E-state index in [-0.39, 0.29) is 0 Å². The largest absolute Gasteiger partial charge is 0.486 e. The molecule has 24 heavy (non-hydrogen) atoms. The Hall–Kier alpha value is -1.59. The van der Waals surface area contributed by atoms with E-state index in [9.17, 15) is 0 Å². The number of fused-ring (bicyclic) bond motifs is 1. The molecule has 0 radical (unpaired) electrons. The molecule has 0 N–H and O–H groups in total. The molecule has 0 amide bonds. The van der Waals surface area contributed by atoms with Crippen molar-refractivity contribution in [3.05, 3.63) is 28.6 Å². The lowest BCUT2D eigenvalue weighted by Gasteiger charge is -2.33. The second kappa shape index (κ2) is 6.73. The van der Waals surface area contributed by atoms with Gasteiger partial charge in [-0.3, -0.25) is 0 Å². The van der Waals surface area contributed by atoms with Crippen LogP contribution in [0.1, 0.15) is 37.6 Å². The van der Waals surface area contributed by atoms with E-state index in [1.165, 1.54) is 30.9 Å². The van der Waals surface area contributed by atoms with Crippen molar-refractivity contribution in [1.29, 1.82) is 0 Å². The van der Waals surface area contributed by atoms with Gasteiger partial charge in [0.2, 0.25) is 0 Å². The Kier molecular flexibility index (Phi) is 4.46. The molecule has 0 saturated carbocycles. The first kappa shape index (κ1) is 15.9. The minimum absolute atomic E-state index is 0.607. The van der Waals surface area contributed by atoms with Gasteiger partial charge in [-0.25, -0.2) is 4.98 Å². The van der Waals surface area contributed by atoms with E-state index < -0.39 is 0 Å². The first-order chi connectivity index (χ1) is 11.7. The Morgan fingerprint density at radius 3 is 2.62 bits per heavy atom. The summed E-state index contributed by atoms with van der Waals surface area (Å²) in [7, 11) is 0. The second-order valence-electron chi connectivity index (χ2n) is 6.83. The fraction of sp³-hybridized carbons (Fsp3) is 0.526. The van der Waals surface area contributed by atoms with Crippen LogP contribution in [0, 0.1) is 0 Å². The van der Waals surface area contributed by atoms with Crippen LogP contribution in [0.3, 0.4) is 0 Å². The van der Waals surface area contributed by atoms with Crippen LogP contribution in [0.5, 0.6) is 11.5 Å². The molecule has 1 fully saturated rings. The van der Waals surface area contributed by atoms with E-state index in [1.54, 1.807) is 11.3 Å². The van der Waals surface area contributed by atoms with E-state index in [0.29, 0.717) is 25.2 Å². The molecule has 1 saturated heterocycles.